The van der Waals surface area contributed by atoms with E-state index in [9.17, 15) is 0 Å². The third kappa shape index (κ3) is 6.22. The second kappa shape index (κ2) is 11.9. The molecule has 2 fully saturated rings. The number of nitrogens with zero attached hydrogens (tertiary/aromatic N) is 5. The average Bonchev–Trinajstić information content (AvgIpc) is 3.31. The van der Waals surface area contributed by atoms with E-state index in [-0.39, 0.29) is 24.0 Å². The van der Waals surface area contributed by atoms with Crippen LogP contribution in [-0.4, -0.2) is 58.5 Å². The minimum absolute atomic E-state index is 0. The highest BCUT2D eigenvalue weighted by Gasteiger charge is 2.28. The Balaban J connectivity index is 0.00000272. The van der Waals surface area contributed by atoms with Crippen LogP contribution in [0, 0.1) is 5.92 Å². The van der Waals surface area contributed by atoms with E-state index in [0.29, 0.717) is 12.0 Å². The summed E-state index contributed by atoms with van der Waals surface area (Å²) in [5, 5.41) is 3.65. The van der Waals surface area contributed by atoms with Crippen LogP contribution in [0.25, 0.3) is 0 Å². The van der Waals surface area contributed by atoms with Gasteiger partial charge in [-0.2, -0.15) is 0 Å². The van der Waals surface area contributed by atoms with E-state index in [1.807, 2.05) is 19.6 Å². The van der Waals surface area contributed by atoms with Crippen molar-refractivity contribution in [2.45, 2.75) is 51.7 Å². The maximum absolute atomic E-state index is 4.61. The number of imidazole rings is 1. The van der Waals surface area contributed by atoms with E-state index in [1.165, 1.54) is 43.5 Å². The summed E-state index contributed by atoms with van der Waals surface area (Å²) < 4.78 is 2.25. The standard InChI is InChI=1S/C24H36N6.HI/c1-20-10-14-29(18-23(20)30-15-11-26-19-30)24(25-2)27-16-21-8-4-5-9-22(21)17-28-12-6-3-7-13-28;/h4-5,8-9,11,15,19-20,23H,3,6-7,10,12-14,16-18H2,1-2H3,(H,25,27);1H. The van der Waals surface area contributed by atoms with Gasteiger partial charge in [-0.1, -0.05) is 37.6 Å². The second-order valence-electron chi connectivity index (χ2n) is 8.80. The van der Waals surface area contributed by atoms with Crippen molar-refractivity contribution in [2.24, 2.45) is 10.9 Å². The number of hydrogen-bond donors (Lipinski definition) is 1. The molecule has 7 heteroatoms. The number of aliphatic imine (C=N–C) groups is 1. The second-order valence-corrected chi connectivity index (χ2v) is 8.80. The lowest BCUT2D eigenvalue weighted by molar-refractivity contribution is 0.189. The molecule has 1 aromatic heterocycles. The predicted molar refractivity (Wildman–Crippen MR) is 138 cm³/mol. The van der Waals surface area contributed by atoms with Crippen molar-refractivity contribution in [1.29, 1.82) is 0 Å². The minimum atomic E-state index is 0. The molecule has 0 amide bonds. The van der Waals surface area contributed by atoms with Crippen molar-refractivity contribution in [3.05, 3.63) is 54.1 Å². The summed E-state index contributed by atoms with van der Waals surface area (Å²) in [4.78, 5) is 13.9. The normalized spacial score (nSPS) is 22.8. The van der Waals surface area contributed by atoms with Crippen LogP contribution in [0.4, 0.5) is 0 Å². The number of benzene rings is 1. The smallest absolute Gasteiger partial charge is 0.193 e. The fourth-order valence-electron chi connectivity index (χ4n) is 4.84. The molecule has 2 atom stereocenters. The molecule has 3 heterocycles. The molecule has 2 aliphatic rings. The van der Waals surface area contributed by atoms with Crippen LogP contribution in [0.2, 0.25) is 0 Å². The lowest BCUT2D eigenvalue weighted by Crippen LogP contribution is -2.48. The molecular weight excluding hydrogens is 499 g/mol. The third-order valence-electron chi connectivity index (χ3n) is 6.74. The first-order valence-electron chi connectivity index (χ1n) is 11.5. The summed E-state index contributed by atoms with van der Waals surface area (Å²) in [7, 11) is 1.90. The molecule has 2 aliphatic heterocycles. The summed E-state index contributed by atoms with van der Waals surface area (Å²) in [5.74, 6) is 1.64. The van der Waals surface area contributed by atoms with Gasteiger partial charge in [0.1, 0.15) is 0 Å². The summed E-state index contributed by atoms with van der Waals surface area (Å²) in [5.41, 5.74) is 2.81. The SMILES string of the molecule is CN=C(NCc1ccccc1CN1CCCCC1)N1CCC(C)C(n2ccnc2)C1.I. The first-order chi connectivity index (χ1) is 14.7. The highest BCUT2D eigenvalue weighted by molar-refractivity contribution is 14.0. The molecule has 4 rings (SSSR count). The minimum Gasteiger partial charge on any atom is -0.352 e. The molecule has 6 nitrogen and oxygen atoms in total. The number of piperidine rings is 2. The van der Waals surface area contributed by atoms with Gasteiger partial charge in [-0.15, -0.1) is 24.0 Å². The van der Waals surface area contributed by atoms with Crippen LogP contribution < -0.4 is 5.32 Å². The molecule has 170 valence electrons. The Labute approximate surface area is 204 Å². The van der Waals surface area contributed by atoms with Gasteiger partial charge >= 0.3 is 0 Å². The number of likely N-dealkylation sites (tertiary alicyclic amines) is 2. The van der Waals surface area contributed by atoms with Gasteiger partial charge in [0.15, 0.2) is 5.96 Å². The maximum Gasteiger partial charge on any atom is 0.193 e. The number of hydrogen-bond acceptors (Lipinski definition) is 3. The Morgan fingerprint density at radius 3 is 2.61 bits per heavy atom. The molecule has 1 aromatic carbocycles. The van der Waals surface area contributed by atoms with Gasteiger partial charge in [0.25, 0.3) is 0 Å². The van der Waals surface area contributed by atoms with Gasteiger partial charge in [0.2, 0.25) is 0 Å². The highest BCUT2D eigenvalue weighted by Crippen LogP contribution is 2.27. The van der Waals surface area contributed by atoms with Crippen molar-refractivity contribution in [3.8, 4) is 0 Å². The molecule has 2 unspecified atom stereocenters. The monoisotopic (exact) mass is 536 g/mol. The molecule has 0 aliphatic carbocycles. The fraction of sp³-hybridized carbons (Fsp3) is 0.583. The van der Waals surface area contributed by atoms with Crippen molar-refractivity contribution in [1.82, 2.24) is 24.7 Å². The fourth-order valence-corrected chi connectivity index (χ4v) is 4.84. The van der Waals surface area contributed by atoms with Crippen LogP contribution in [0.1, 0.15) is 49.8 Å². The number of nitrogens with one attached hydrogen (secondary N) is 1. The lowest BCUT2D eigenvalue weighted by Gasteiger charge is -2.39. The highest BCUT2D eigenvalue weighted by atomic mass is 127. The Hall–Kier alpha value is -1.61. The van der Waals surface area contributed by atoms with E-state index in [2.05, 4.69) is 67.0 Å². The number of guanidine groups is 1. The van der Waals surface area contributed by atoms with E-state index >= 15 is 0 Å². The third-order valence-corrected chi connectivity index (χ3v) is 6.74. The average molecular weight is 537 g/mol. The zero-order valence-electron chi connectivity index (χ0n) is 18.9. The zero-order valence-corrected chi connectivity index (χ0v) is 21.2. The van der Waals surface area contributed by atoms with E-state index < -0.39 is 0 Å². The first kappa shape index (κ1) is 24.0. The Morgan fingerprint density at radius 1 is 1.13 bits per heavy atom. The van der Waals surface area contributed by atoms with Crippen LogP contribution in [0.3, 0.4) is 0 Å². The Kier molecular flexibility index (Phi) is 9.19. The van der Waals surface area contributed by atoms with Crippen LogP contribution in [-0.2, 0) is 13.1 Å². The molecular formula is C24H37IN6. The van der Waals surface area contributed by atoms with Gasteiger partial charge in [-0.25, -0.2) is 4.98 Å². The van der Waals surface area contributed by atoms with E-state index in [0.717, 1.165) is 38.6 Å². The number of aromatic nitrogens is 2. The van der Waals surface area contributed by atoms with Crippen molar-refractivity contribution in [3.63, 3.8) is 0 Å². The van der Waals surface area contributed by atoms with Crippen molar-refractivity contribution in [2.75, 3.05) is 33.2 Å². The molecule has 0 spiro atoms. The first-order valence-corrected chi connectivity index (χ1v) is 11.5. The quantitative estimate of drug-likeness (QED) is 0.355. The maximum atomic E-state index is 4.61. The molecule has 0 bridgehead atoms. The molecule has 0 radical (unpaired) electrons. The van der Waals surface area contributed by atoms with E-state index in [1.54, 1.807) is 0 Å². The number of halogens is 1. The molecule has 0 saturated carbocycles. The summed E-state index contributed by atoms with van der Waals surface area (Å²) in [6, 6.07) is 9.29. The van der Waals surface area contributed by atoms with E-state index in [4.69, 9.17) is 0 Å². The van der Waals surface area contributed by atoms with Crippen LogP contribution in [0.5, 0.6) is 0 Å². The summed E-state index contributed by atoms with van der Waals surface area (Å²) >= 11 is 0. The van der Waals surface area contributed by atoms with Crippen LogP contribution >= 0.6 is 24.0 Å². The molecule has 2 saturated heterocycles. The van der Waals surface area contributed by atoms with Crippen molar-refractivity contribution < 1.29 is 0 Å². The van der Waals surface area contributed by atoms with Gasteiger partial charge < -0.3 is 14.8 Å². The lowest BCUT2D eigenvalue weighted by atomic mass is 9.93. The topological polar surface area (TPSA) is 48.7 Å². The van der Waals surface area contributed by atoms with Gasteiger partial charge in [0, 0.05) is 45.6 Å². The number of rotatable bonds is 5. The molecule has 2 aromatic rings. The van der Waals surface area contributed by atoms with Gasteiger partial charge in [-0.05, 0) is 49.4 Å². The predicted octanol–water partition coefficient (Wildman–Crippen LogP) is 4.15. The Morgan fingerprint density at radius 2 is 1.90 bits per heavy atom. The zero-order chi connectivity index (χ0) is 20.8. The molecule has 31 heavy (non-hydrogen) atoms. The van der Waals surface area contributed by atoms with Gasteiger partial charge in [0.05, 0.1) is 12.4 Å². The largest absolute Gasteiger partial charge is 0.352 e. The van der Waals surface area contributed by atoms with Crippen LogP contribution in [0.15, 0.2) is 48.0 Å². The Bertz CT molecular complexity index is 815. The summed E-state index contributed by atoms with van der Waals surface area (Å²) in [6.45, 7) is 8.68. The van der Waals surface area contributed by atoms with Gasteiger partial charge in [-0.3, -0.25) is 9.89 Å². The van der Waals surface area contributed by atoms with Crippen molar-refractivity contribution >= 4 is 29.9 Å². The molecule has 1 N–H and O–H groups in total. The summed E-state index contributed by atoms with van der Waals surface area (Å²) in [6.07, 6.45) is 11.1.